The predicted octanol–water partition coefficient (Wildman–Crippen LogP) is 2.50. The highest BCUT2D eigenvalue weighted by molar-refractivity contribution is 5.96. The lowest BCUT2D eigenvalue weighted by Crippen LogP contribution is -2.43. The number of piperidine rings is 1. The van der Waals surface area contributed by atoms with E-state index in [2.05, 4.69) is 11.8 Å². The van der Waals surface area contributed by atoms with Crippen molar-refractivity contribution in [2.45, 2.75) is 45.3 Å². The van der Waals surface area contributed by atoms with Crippen LogP contribution in [0.3, 0.4) is 0 Å². The van der Waals surface area contributed by atoms with Crippen LogP contribution in [0.25, 0.3) is 0 Å². The molecule has 0 radical (unpaired) electrons. The SMILES string of the molecule is CC(=O)c1ccccc1OCC(O)CN1CCCCC1C. The van der Waals surface area contributed by atoms with Gasteiger partial charge in [0.15, 0.2) is 5.78 Å². The van der Waals surface area contributed by atoms with Gasteiger partial charge >= 0.3 is 0 Å². The highest BCUT2D eigenvalue weighted by atomic mass is 16.5. The molecule has 0 saturated carbocycles. The van der Waals surface area contributed by atoms with Crippen molar-refractivity contribution in [1.82, 2.24) is 4.90 Å². The third kappa shape index (κ3) is 4.55. The van der Waals surface area contributed by atoms with E-state index in [0.717, 1.165) is 6.54 Å². The molecule has 4 nitrogen and oxygen atoms in total. The largest absolute Gasteiger partial charge is 0.490 e. The van der Waals surface area contributed by atoms with E-state index in [0.29, 0.717) is 23.9 Å². The van der Waals surface area contributed by atoms with Gasteiger partial charge in [-0.2, -0.15) is 0 Å². The summed E-state index contributed by atoms with van der Waals surface area (Å²) in [7, 11) is 0. The Balaban J connectivity index is 1.86. The number of ether oxygens (including phenoxy) is 1. The van der Waals surface area contributed by atoms with Gasteiger partial charge in [-0.15, -0.1) is 0 Å². The molecule has 1 aliphatic heterocycles. The molecular weight excluding hydrogens is 266 g/mol. The number of aliphatic hydroxyl groups excluding tert-OH is 1. The number of benzene rings is 1. The van der Waals surface area contributed by atoms with Crippen molar-refractivity contribution in [3.63, 3.8) is 0 Å². The second-order valence-corrected chi connectivity index (χ2v) is 5.86. The number of para-hydroxylation sites is 1. The molecule has 0 amide bonds. The van der Waals surface area contributed by atoms with Crippen LogP contribution in [0.1, 0.15) is 43.5 Å². The average Bonchev–Trinajstić information content (AvgIpc) is 2.48. The first-order chi connectivity index (χ1) is 10.1. The molecule has 1 aliphatic rings. The lowest BCUT2D eigenvalue weighted by Gasteiger charge is -2.34. The molecule has 1 fully saturated rings. The number of hydrogen-bond acceptors (Lipinski definition) is 4. The van der Waals surface area contributed by atoms with Crippen LogP contribution < -0.4 is 4.74 Å². The number of nitrogens with zero attached hydrogens (tertiary/aromatic N) is 1. The van der Waals surface area contributed by atoms with E-state index >= 15 is 0 Å². The van der Waals surface area contributed by atoms with E-state index < -0.39 is 6.10 Å². The summed E-state index contributed by atoms with van der Waals surface area (Å²) in [5.74, 6) is 0.528. The Morgan fingerprint density at radius 1 is 1.43 bits per heavy atom. The highest BCUT2D eigenvalue weighted by Crippen LogP contribution is 2.19. The third-order valence-electron chi connectivity index (χ3n) is 4.08. The van der Waals surface area contributed by atoms with Gasteiger partial charge in [-0.05, 0) is 45.4 Å². The third-order valence-corrected chi connectivity index (χ3v) is 4.08. The lowest BCUT2D eigenvalue weighted by molar-refractivity contribution is 0.0435. The molecular formula is C17H25NO3. The predicted molar refractivity (Wildman–Crippen MR) is 82.8 cm³/mol. The smallest absolute Gasteiger partial charge is 0.163 e. The molecule has 21 heavy (non-hydrogen) atoms. The van der Waals surface area contributed by atoms with Gasteiger partial charge in [0.1, 0.15) is 18.5 Å². The first-order valence-corrected chi connectivity index (χ1v) is 7.73. The maximum Gasteiger partial charge on any atom is 0.163 e. The van der Waals surface area contributed by atoms with E-state index in [9.17, 15) is 9.90 Å². The summed E-state index contributed by atoms with van der Waals surface area (Å²) in [5.41, 5.74) is 0.566. The average molecular weight is 291 g/mol. The molecule has 2 unspecified atom stereocenters. The van der Waals surface area contributed by atoms with Gasteiger partial charge in [-0.25, -0.2) is 0 Å². The molecule has 2 rings (SSSR count). The number of ketones is 1. The second-order valence-electron chi connectivity index (χ2n) is 5.86. The molecule has 1 saturated heterocycles. The van der Waals surface area contributed by atoms with Crippen LogP contribution >= 0.6 is 0 Å². The fraction of sp³-hybridized carbons (Fsp3) is 0.588. The topological polar surface area (TPSA) is 49.8 Å². The summed E-state index contributed by atoms with van der Waals surface area (Å²) in [6.45, 7) is 5.62. The van der Waals surface area contributed by atoms with Crippen molar-refractivity contribution in [3.05, 3.63) is 29.8 Å². The van der Waals surface area contributed by atoms with E-state index in [1.54, 1.807) is 12.1 Å². The Morgan fingerprint density at radius 3 is 2.90 bits per heavy atom. The first-order valence-electron chi connectivity index (χ1n) is 7.73. The molecule has 0 aromatic heterocycles. The van der Waals surface area contributed by atoms with Gasteiger partial charge in [-0.3, -0.25) is 9.69 Å². The normalized spacial score (nSPS) is 21.0. The molecule has 0 spiro atoms. The summed E-state index contributed by atoms with van der Waals surface area (Å²) in [6, 6.07) is 7.69. The van der Waals surface area contributed by atoms with Crippen molar-refractivity contribution in [2.75, 3.05) is 19.7 Å². The van der Waals surface area contributed by atoms with Gasteiger partial charge in [0.25, 0.3) is 0 Å². The summed E-state index contributed by atoms with van der Waals surface area (Å²) in [5, 5.41) is 10.2. The number of rotatable bonds is 6. The molecule has 0 bridgehead atoms. The number of Topliss-reactive ketones (excluding diaryl/α,β-unsaturated/α-hetero) is 1. The molecule has 1 heterocycles. The van der Waals surface area contributed by atoms with Crippen LogP contribution in [0.15, 0.2) is 24.3 Å². The molecule has 1 aromatic carbocycles. The maximum atomic E-state index is 11.5. The molecule has 4 heteroatoms. The lowest BCUT2D eigenvalue weighted by atomic mass is 10.0. The number of β-amino-alcohol motifs (C(OH)–C–C–N with tert-alkyl or cyclic N) is 1. The minimum Gasteiger partial charge on any atom is -0.490 e. The van der Waals surface area contributed by atoms with Crippen LogP contribution in [0.4, 0.5) is 0 Å². The monoisotopic (exact) mass is 291 g/mol. The summed E-state index contributed by atoms with van der Waals surface area (Å²) < 4.78 is 5.64. The van der Waals surface area contributed by atoms with Crippen LogP contribution in [-0.4, -0.2) is 47.6 Å². The highest BCUT2D eigenvalue weighted by Gasteiger charge is 2.21. The zero-order valence-electron chi connectivity index (χ0n) is 12.9. The van der Waals surface area contributed by atoms with Crippen LogP contribution in [0.5, 0.6) is 5.75 Å². The van der Waals surface area contributed by atoms with Crippen molar-refractivity contribution in [2.24, 2.45) is 0 Å². The van der Waals surface area contributed by atoms with Crippen LogP contribution in [0.2, 0.25) is 0 Å². The minimum atomic E-state index is -0.537. The maximum absolute atomic E-state index is 11.5. The molecule has 116 valence electrons. The van der Waals surface area contributed by atoms with Crippen molar-refractivity contribution >= 4 is 5.78 Å². The van der Waals surface area contributed by atoms with Gasteiger partial charge in [-0.1, -0.05) is 18.6 Å². The van der Waals surface area contributed by atoms with E-state index in [1.165, 1.54) is 26.2 Å². The van der Waals surface area contributed by atoms with E-state index in [1.807, 2.05) is 12.1 Å². The van der Waals surface area contributed by atoms with Gasteiger partial charge in [0, 0.05) is 12.6 Å². The summed E-state index contributed by atoms with van der Waals surface area (Å²) in [6.07, 6.45) is 3.13. The number of carbonyl (C=O) groups is 1. The Hall–Kier alpha value is -1.39. The van der Waals surface area contributed by atoms with Crippen LogP contribution in [-0.2, 0) is 0 Å². The van der Waals surface area contributed by atoms with E-state index in [-0.39, 0.29) is 12.4 Å². The van der Waals surface area contributed by atoms with Crippen molar-refractivity contribution < 1.29 is 14.6 Å². The van der Waals surface area contributed by atoms with Gasteiger partial charge < -0.3 is 9.84 Å². The quantitative estimate of drug-likeness (QED) is 0.818. The zero-order chi connectivity index (χ0) is 15.2. The van der Waals surface area contributed by atoms with Crippen molar-refractivity contribution in [3.8, 4) is 5.75 Å². The molecule has 1 N–H and O–H groups in total. The fourth-order valence-corrected chi connectivity index (χ4v) is 2.82. The standard InChI is InChI=1S/C17H25NO3/c1-13-7-5-6-10-18(13)11-15(20)12-21-17-9-4-3-8-16(17)14(2)19/h3-4,8-9,13,15,20H,5-7,10-12H2,1-2H3. The number of likely N-dealkylation sites (tertiary alicyclic amines) is 1. The van der Waals surface area contributed by atoms with E-state index in [4.69, 9.17) is 4.74 Å². The zero-order valence-corrected chi connectivity index (χ0v) is 12.9. The first kappa shape index (κ1) is 16.0. The number of aliphatic hydroxyl groups is 1. The summed E-state index contributed by atoms with van der Waals surface area (Å²) in [4.78, 5) is 13.8. The Bertz CT molecular complexity index is 475. The number of carbonyl (C=O) groups excluding carboxylic acids is 1. The number of hydrogen-bond donors (Lipinski definition) is 1. The Morgan fingerprint density at radius 2 is 2.19 bits per heavy atom. The van der Waals surface area contributed by atoms with Crippen LogP contribution in [0, 0.1) is 0 Å². The summed E-state index contributed by atoms with van der Waals surface area (Å²) >= 11 is 0. The minimum absolute atomic E-state index is 0.0234. The fourth-order valence-electron chi connectivity index (χ4n) is 2.82. The van der Waals surface area contributed by atoms with Crippen molar-refractivity contribution in [1.29, 1.82) is 0 Å². The Kier molecular flexibility index (Phi) is 5.76. The molecule has 2 atom stereocenters. The second kappa shape index (κ2) is 7.57. The Labute approximate surface area is 126 Å². The molecule has 0 aliphatic carbocycles. The van der Waals surface area contributed by atoms with Gasteiger partial charge in [0.05, 0.1) is 5.56 Å². The van der Waals surface area contributed by atoms with Gasteiger partial charge in [0.2, 0.25) is 0 Å². The molecule has 1 aromatic rings.